The Morgan fingerprint density at radius 2 is 1.52 bits per heavy atom. The topological polar surface area (TPSA) is 52.6 Å². The molecule has 1 N–H and O–H groups in total. The highest BCUT2D eigenvalue weighted by Gasteiger charge is 2.14. The molecule has 0 aliphatic rings. The fraction of sp³-hybridized carbons (Fsp3) is 0.136. The summed E-state index contributed by atoms with van der Waals surface area (Å²) in [6.07, 6.45) is 0. The van der Waals surface area contributed by atoms with E-state index < -0.39 is 0 Å². The largest absolute Gasteiger partial charge is 0.493 e. The van der Waals surface area contributed by atoms with Crippen LogP contribution in [0.15, 0.2) is 60.0 Å². The van der Waals surface area contributed by atoms with Gasteiger partial charge in [0.2, 0.25) is 5.75 Å². The molecule has 0 unspecified atom stereocenters. The molecular formula is C22H20N2O3S2. The molecule has 29 heavy (non-hydrogen) atoms. The maximum Gasteiger partial charge on any atom is 0.203 e. The first kappa shape index (κ1) is 19.3. The van der Waals surface area contributed by atoms with E-state index in [2.05, 4.69) is 47.1 Å². The molecule has 2 aromatic carbocycles. The Bertz CT molecular complexity index is 1080. The molecule has 148 valence electrons. The summed E-state index contributed by atoms with van der Waals surface area (Å²) < 4.78 is 16.2. The van der Waals surface area contributed by atoms with Crippen molar-refractivity contribution in [2.75, 3.05) is 26.6 Å². The van der Waals surface area contributed by atoms with Crippen LogP contribution < -0.4 is 19.5 Å². The Kier molecular flexibility index (Phi) is 5.69. The third-order valence-electron chi connectivity index (χ3n) is 4.34. The first-order valence-corrected chi connectivity index (χ1v) is 10.6. The SMILES string of the molecule is COc1cc(Nc2nc(-c3ccc(-c4ccccc4)s3)cs2)cc(OC)c1OC. The normalized spacial score (nSPS) is 10.6. The molecule has 0 bridgehead atoms. The van der Waals surface area contributed by atoms with Gasteiger partial charge in [-0.25, -0.2) is 4.98 Å². The van der Waals surface area contributed by atoms with Gasteiger partial charge in [0, 0.05) is 28.1 Å². The highest BCUT2D eigenvalue weighted by Crippen LogP contribution is 2.41. The van der Waals surface area contributed by atoms with Crippen molar-refractivity contribution in [2.45, 2.75) is 0 Å². The summed E-state index contributed by atoms with van der Waals surface area (Å²) in [4.78, 5) is 7.11. The van der Waals surface area contributed by atoms with Crippen LogP contribution in [0.2, 0.25) is 0 Å². The van der Waals surface area contributed by atoms with Crippen molar-refractivity contribution in [1.29, 1.82) is 0 Å². The number of thiophene rings is 1. The van der Waals surface area contributed by atoms with Gasteiger partial charge in [-0.05, 0) is 17.7 Å². The second kappa shape index (κ2) is 8.55. The Balaban J connectivity index is 1.57. The molecule has 0 saturated carbocycles. The molecule has 0 spiro atoms. The van der Waals surface area contributed by atoms with Gasteiger partial charge in [0.25, 0.3) is 0 Å². The summed E-state index contributed by atoms with van der Waals surface area (Å²) in [6.45, 7) is 0. The first-order chi connectivity index (χ1) is 14.2. The lowest BCUT2D eigenvalue weighted by atomic mass is 10.2. The fourth-order valence-electron chi connectivity index (χ4n) is 2.95. The van der Waals surface area contributed by atoms with Crippen LogP contribution in [0.5, 0.6) is 17.2 Å². The lowest BCUT2D eigenvalue weighted by molar-refractivity contribution is 0.324. The standard InChI is InChI=1S/C22H20N2O3S2/c1-25-17-11-15(12-18(26-2)21(17)27-3)23-22-24-16(13-28-22)20-10-9-19(29-20)14-7-5-4-6-8-14/h4-13H,1-3H3,(H,23,24). The van der Waals surface area contributed by atoms with Gasteiger partial charge in [0.15, 0.2) is 16.6 Å². The number of nitrogens with zero attached hydrogens (tertiary/aromatic N) is 1. The molecule has 0 fully saturated rings. The molecule has 5 nitrogen and oxygen atoms in total. The summed E-state index contributed by atoms with van der Waals surface area (Å²) in [7, 11) is 4.79. The zero-order valence-electron chi connectivity index (χ0n) is 16.3. The Morgan fingerprint density at radius 3 is 2.17 bits per heavy atom. The number of methoxy groups -OCH3 is 3. The minimum Gasteiger partial charge on any atom is -0.493 e. The van der Waals surface area contributed by atoms with Crippen LogP contribution in [-0.2, 0) is 0 Å². The van der Waals surface area contributed by atoms with Gasteiger partial charge in [0.05, 0.1) is 31.9 Å². The Morgan fingerprint density at radius 1 is 0.828 bits per heavy atom. The minimum absolute atomic E-state index is 0.562. The number of aromatic nitrogens is 1. The van der Waals surface area contributed by atoms with Crippen LogP contribution in [0.1, 0.15) is 0 Å². The maximum absolute atomic E-state index is 5.42. The minimum atomic E-state index is 0.562. The number of hydrogen-bond acceptors (Lipinski definition) is 7. The molecule has 0 aliphatic carbocycles. The van der Waals surface area contributed by atoms with Crippen molar-refractivity contribution in [1.82, 2.24) is 4.98 Å². The molecule has 4 aromatic rings. The lowest BCUT2D eigenvalue weighted by Crippen LogP contribution is -1.97. The molecular weight excluding hydrogens is 404 g/mol. The number of rotatable bonds is 7. The van der Waals surface area contributed by atoms with Crippen LogP contribution in [0, 0.1) is 0 Å². The summed E-state index contributed by atoms with van der Waals surface area (Å²) in [5, 5.41) is 6.18. The second-order valence-corrected chi connectivity index (χ2v) is 8.05. The molecule has 0 aliphatic heterocycles. The van der Waals surface area contributed by atoms with Crippen molar-refractivity contribution >= 4 is 33.5 Å². The van der Waals surface area contributed by atoms with Crippen LogP contribution in [-0.4, -0.2) is 26.3 Å². The summed E-state index contributed by atoms with van der Waals surface area (Å²) in [5.41, 5.74) is 2.99. The van der Waals surface area contributed by atoms with Gasteiger partial charge in [-0.15, -0.1) is 22.7 Å². The van der Waals surface area contributed by atoms with Gasteiger partial charge < -0.3 is 19.5 Å². The molecule has 2 heterocycles. The number of thiazole rings is 1. The van der Waals surface area contributed by atoms with Crippen LogP contribution in [0.3, 0.4) is 0 Å². The van der Waals surface area contributed by atoms with E-state index in [1.165, 1.54) is 10.4 Å². The Hall–Kier alpha value is -3.03. The van der Waals surface area contributed by atoms with E-state index in [1.807, 2.05) is 18.2 Å². The number of benzene rings is 2. The number of ether oxygens (including phenoxy) is 3. The van der Waals surface area contributed by atoms with E-state index >= 15 is 0 Å². The van der Waals surface area contributed by atoms with E-state index in [0.717, 1.165) is 21.4 Å². The average molecular weight is 425 g/mol. The third-order valence-corrected chi connectivity index (χ3v) is 6.25. The van der Waals surface area contributed by atoms with Gasteiger partial charge >= 0.3 is 0 Å². The van der Waals surface area contributed by atoms with E-state index in [4.69, 9.17) is 19.2 Å². The van der Waals surface area contributed by atoms with E-state index in [0.29, 0.717) is 17.2 Å². The van der Waals surface area contributed by atoms with Crippen LogP contribution >= 0.6 is 22.7 Å². The van der Waals surface area contributed by atoms with Crippen molar-refractivity contribution in [3.8, 4) is 38.3 Å². The predicted octanol–water partition coefficient (Wildman–Crippen LogP) is 6.31. The number of nitrogens with one attached hydrogen (secondary N) is 1. The van der Waals surface area contributed by atoms with Gasteiger partial charge in [0.1, 0.15) is 0 Å². The van der Waals surface area contributed by atoms with Crippen LogP contribution in [0.25, 0.3) is 21.0 Å². The van der Waals surface area contributed by atoms with Gasteiger partial charge in [-0.1, -0.05) is 30.3 Å². The van der Waals surface area contributed by atoms with Gasteiger partial charge in [-0.2, -0.15) is 0 Å². The Labute approximate surface area is 177 Å². The summed E-state index contributed by atoms with van der Waals surface area (Å²) in [5.74, 6) is 1.75. The lowest BCUT2D eigenvalue weighted by Gasteiger charge is -2.14. The molecule has 0 saturated heterocycles. The highest BCUT2D eigenvalue weighted by molar-refractivity contribution is 7.19. The van der Waals surface area contributed by atoms with Crippen molar-refractivity contribution in [3.05, 3.63) is 60.0 Å². The monoisotopic (exact) mass is 424 g/mol. The second-order valence-electron chi connectivity index (χ2n) is 6.11. The first-order valence-electron chi connectivity index (χ1n) is 8.90. The molecule has 4 rings (SSSR count). The predicted molar refractivity (Wildman–Crippen MR) is 120 cm³/mol. The number of hydrogen-bond donors (Lipinski definition) is 1. The quantitative estimate of drug-likeness (QED) is 0.377. The zero-order chi connectivity index (χ0) is 20.2. The zero-order valence-corrected chi connectivity index (χ0v) is 17.9. The fourth-order valence-corrected chi connectivity index (χ4v) is 4.73. The molecule has 2 aromatic heterocycles. The summed E-state index contributed by atoms with van der Waals surface area (Å²) in [6, 6.07) is 18.4. The van der Waals surface area contributed by atoms with Crippen LogP contribution in [0.4, 0.5) is 10.8 Å². The van der Waals surface area contributed by atoms with Crippen molar-refractivity contribution in [2.24, 2.45) is 0 Å². The van der Waals surface area contributed by atoms with Crippen molar-refractivity contribution < 1.29 is 14.2 Å². The smallest absolute Gasteiger partial charge is 0.203 e. The highest BCUT2D eigenvalue weighted by atomic mass is 32.1. The average Bonchev–Trinajstić information content (AvgIpc) is 3.43. The van der Waals surface area contributed by atoms with E-state index in [9.17, 15) is 0 Å². The summed E-state index contributed by atoms with van der Waals surface area (Å²) >= 11 is 3.29. The molecule has 0 amide bonds. The van der Waals surface area contributed by atoms with E-state index in [1.54, 1.807) is 44.0 Å². The molecule has 7 heteroatoms. The van der Waals surface area contributed by atoms with Gasteiger partial charge in [-0.3, -0.25) is 0 Å². The van der Waals surface area contributed by atoms with E-state index in [-0.39, 0.29) is 0 Å². The molecule has 0 radical (unpaired) electrons. The third kappa shape index (κ3) is 4.06. The number of anilines is 2. The molecule has 0 atom stereocenters. The van der Waals surface area contributed by atoms with Crippen molar-refractivity contribution in [3.63, 3.8) is 0 Å². The maximum atomic E-state index is 5.42.